The second kappa shape index (κ2) is 79.6. The Morgan fingerprint density at radius 3 is 0.841 bits per heavy atom. The second-order valence-electron chi connectivity index (χ2n) is 48.6. The van der Waals surface area contributed by atoms with Gasteiger partial charge in [-0.1, -0.05) is 221 Å². The van der Waals surface area contributed by atoms with Crippen molar-refractivity contribution in [2.45, 2.75) is 455 Å². The maximum atomic E-state index is 11.3. The minimum atomic E-state index is -3.09. The van der Waals surface area contributed by atoms with Crippen LogP contribution in [0.2, 0.25) is 0 Å². The number of ketones is 3. The molecule has 0 aromatic heterocycles. The summed E-state index contributed by atoms with van der Waals surface area (Å²) in [6.45, 7) is 104. The number of hydrogen-bond acceptors (Lipinski definition) is 19. The Morgan fingerprint density at radius 2 is 0.667 bits per heavy atom. The van der Waals surface area contributed by atoms with E-state index in [1.165, 1.54) is 45.2 Å². The van der Waals surface area contributed by atoms with Gasteiger partial charge >= 0.3 is 0 Å². The van der Waals surface area contributed by atoms with Crippen LogP contribution >= 0.6 is 23.5 Å². The van der Waals surface area contributed by atoms with Crippen molar-refractivity contribution in [1.29, 1.82) is 0 Å². The Kier molecular flexibility index (Phi) is 96.8. The highest BCUT2D eigenvalue weighted by atomic mass is 32.2. The lowest BCUT2D eigenvalue weighted by Gasteiger charge is -2.20. The van der Waals surface area contributed by atoms with Gasteiger partial charge in [0, 0.05) is 122 Å². The van der Waals surface area contributed by atoms with Crippen LogP contribution in [-0.2, 0) is 72.3 Å². The Bertz CT molecular complexity index is 3000. The Morgan fingerprint density at radius 1 is 0.356 bits per heavy atom. The minimum Gasteiger partial charge on any atom is -0.375 e. The maximum absolute atomic E-state index is 11.3. The summed E-state index contributed by atoms with van der Waals surface area (Å²) in [4.78, 5) is 130. The molecule has 0 saturated heterocycles. The molecular weight excluding hydrogens is 1730 g/mol. The van der Waals surface area contributed by atoms with Crippen molar-refractivity contribution in [3.63, 3.8) is 0 Å². The molecule has 132 heavy (non-hydrogen) atoms. The van der Waals surface area contributed by atoms with Gasteiger partial charge in [0.1, 0.15) is 24.0 Å². The molecule has 27 nitrogen and oxygen atoms in total. The number of ether oxygens (including phenoxy) is 1. The van der Waals surface area contributed by atoms with E-state index in [0.717, 1.165) is 6.54 Å². The first-order valence-corrected chi connectivity index (χ1v) is 50.6. The smallest absolute Gasteiger partial charge is 0.246 e. The van der Waals surface area contributed by atoms with Crippen molar-refractivity contribution in [3.8, 4) is 0 Å². The number of nitrogens with one attached hydrogen (secondary N) is 12. The molecule has 0 unspecified atom stereocenters. The van der Waals surface area contributed by atoms with Crippen LogP contribution in [-0.4, -0.2) is 210 Å². The molecule has 0 aliphatic heterocycles. The highest BCUT2D eigenvalue weighted by Gasteiger charge is 2.27. The third-order valence-corrected chi connectivity index (χ3v) is 18.0. The topological polar surface area (TPSA) is 393 Å². The molecule has 0 radical (unpaired) electrons. The number of methoxy groups -OCH3 is 1. The molecule has 0 fully saturated rings. The van der Waals surface area contributed by atoms with Gasteiger partial charge in [0.15, 0.2) is 0 Å². The van der Waals surface area contributed by atoms with Crippen LogP contribution in [0.5, 0.6) is 0 Å². The lowest BCUT2D eigenvalue weighted by Crippen LogP contribution is -2.44. The number of rotatable bonds is 20. The Balaban J connectivity index is -0.0000000861. The number of amides is 9. The fraction of sp³-hybridized carbons (Fsp3) is 0.882. The van der Waals surface area contributed by atoms with Crippen molar-refractivity contribution >= 4 is 104 Å². The molecule has 0 bridgehead atoms. The van der Waals surface area contributed by atoms with Crippen LogP contribution in [0.25, 0.3) is 0 Å². The number of carbonyl (C=O) groups is 12. The molecule has 0 heterocycles. The van der Waals surface area contributed by atoms with Gasteiger partial charge in [-0.3, -0.25) is 47.9 Å². The van der Waals surface area contributed by atoms with Crippen LogP contribution in [0, 0.1) is 43.3 Å². The number of likely N-dealkylation sites (N-methyl/N-ethyl adjacent to an activating group) is 1. The van der Waals surface area contributed by atoms with Gasteiger partial charge in [0.2, 0.25) is 63.2 Å². The van der Waals surface area contributed by atoms with Crippen LogP contribution in [0.1, 0.15) is 417 Å². The lowest BCUT2D eigenvalue weighted by atomic mass is 9.91. The number of sulfonamides is 1. The summed E-state index contributed by atoms with van der Waals surface area (Å²) < 4.78 is 28.5. The molecule has 0 atom stereocenters. The summed E-state index contributed by atoms with van der Waals surface area (Å²) in [5, 5.41) is 30.1. The molecule has 0 aromatic rings. The van der Waals surface area contributed by atoms with Crippen molar-refractivity contribution in [3.05, 3.63) is 0 Å². The zero-order chi connectivity index (χ0) is 110. The number of hydrogen-bond donors (Lipinski definition) is 12. The maximum Gasteiger partial charge on any atom is 0.246 e. The monoisotopic (exact) mass is 1950 g/mol. The molecule has 12 N–H and O–H groups in total. The molecule has 0 spiro atoms. The molecule has 798 valence electrons. The number of Topliss-reactive ketones (excluding diaryl/α,β-unsaturated/α-hetero) is 3. The predicted molar refractivity (Wildman–Crippen MR) is 575 cm³/mol. The molecule has 9 amide bonds. The van der Waals surface area contributed by atoms with E-state index in [9.17, 15) is 66.0 Å². The highest BCUT2D eigenvalue weighted by molar-refractivity contribution is 8.00. The van der Waals surface area contributed by atoms with Crippen LogP contribution < -0.4 is 63.2 Å². The van der Waals surface area contributed by atoms with E-state index < -0.39 is 14.8 Å². The van der Waals surface area contributed by atoms with E-state index in [0.29, 0.717) is 77.4 Å². The van der Waals surface area contributed by atoms with Crippen LogP contribution in [0.3, 0.4) is 0 Å². The standard InChI is InChI=1S/C10H19NO2.2C9H18N2O2.C7H16N2O.C7H15NO2.C7H15NOS.C7H14O.C7H16.C6H13NO.C6H15N.C6H12O.C6H14.C5H13NO2S.C5H12S.C5H12/c1-8(12)6-5-7-9(13)11-10(2,3)4;1-9(2,3)8(13)11-6-5-7(12)10-4;1-9(2,3)11-8(13)6-5-7(12)10-4;1-7(2,3)9-6(10)5-8-4;2*1-7(2,3)8-6(9)5-10-4;1-6(8)5-7(2,3)4;1-5-6-7(2,3)4;1-6(2,3)5(8)7-4;1-6(2,3)5-7-4;1-5(7)6(2,3)4;1-5-6(2,3)4;1-5(2,3)9(7,8)6-4;1-5(2,3)6-4;1-5(2,3)4/h5-7H2,1-4H3,(H,11,13);2*5-6H2,1-4H3,(H,10,12)(H,11,13);8H,5H2,1-4H3,(H,9,10);2*5H2,1-4H3,(H,8,9);5H2,1-4H3;5-6H2,1-4H3;1-4H3,(H,7,8);7H,5H2,1-4H3;1-4H3;5H2,1-4H3;6H,1-4H3;1-4H3;1-4H3. The third-order valence-electron chi connectivity index (χ3n) is 14.0. The van der Waals surface area contributed by atoms with Gasteiger partial charge in [-0.15, -0.1) is 0 Å². The largest absolute Gasteiger partial charge is 0.375 e. The van der Waals surface area contributed by atoms with Crippen molar-refractivity contribution < 1.29 is 70.7 Å². The summed E-state index contributed by atoms with van der Waals surface area (Å²) in [5.74, 6) is 1.10. The molecule has 30 heteroatoms. The van der Waals surface area contributed by atoms with Gasteiger partial charge in [0.05, 0.1) is 17.0 Å². The van der Waals surface area contributed by atoms with Crippen molar-refractivity contribution in [1.82, 2.24) is 63.2 Å². The van der Waals surface area contributed by atoms with Gasteiger partial charge in [-0.25, -0.2) is 13.1 Å². The van der Waals surface area contributed by atoms with E-state index >= 15 is 0 Å². The first kappa shape index (κ1) is 160. The van der Waals surface area contributed by atoms with E-state index in [1.54, 1.807) is 69.7 Å². The Labute approximate surface area is 824 Å². The number of carbonyl (C=O) groups excluding carboxylic acids is 12. The summed E-state index contributed by atoms with van der Waals surface area (Å²) >= 11 is 3.42. The fourth-order valence-electron chi connectivity index (χ4n) is 6.99. The van der Waals surface area contributed by atoms with Gasteiger partial charge in [0.25, 0.3) is 0 Å². The summed E-state index contributed by atoms with van der Waals surface area (Å²) in [6, 6.07) is 0. The lowest BCUT2D eigenvalue weighted by molar-refractivity contribution is -0.129. The predicted octanol–water partition coefficient (Wildman–Crippen LogP) is 19.8. The normalized spacial score (nSPS) is 11.5. The summed E-state index contributed by atoms with van der Waals surface area (Å²) in [5.41, 5.74) is 0.677. The summed E-state index contributed by atoms with van der Waals surface area (Å²) in [7, 11) is 8.35. The number of thioether (sulfide) groups is 2. The first-order chi connectivity index (χ1) is 57.8. The van der Waals surface area contributed by atoms with Gasteiger partial charge in [-0.2, -0.15) is 23.5 Å². The van der Waals surface area contributed by atoms with Crippen molar-refractivity contribution in [2.75, 3.05) is 93.9 Å². The molecule has 0 aliphatic rings. The second-order valence-corrected chi connectivity index (χ2v) is 53.7. The van der Waals surface area contributed by atoms with Crippen LogP contribution in [0.15, 0.2) is 0 Å². The molecule has 0 aliphatic carbocycles. The van der Waals surface area contributed by atoms with E-state index in [1.807, 2.05) is 191 Å². The van der Waals surface area contributed by atoms with Gasteiger partial charge in [-0.05, 0) is 226 Å². The third kappa shape index (κ3) is 188. The van der Waals surface area contributed by atoms with Crippen LogP contribution in [0.4, 0.5) is 0 Å². The zero-order valence-corrected chi connectivity index (χ0v) is 99.9. The van der Waals surface area contributed by atoms with Crippen molar-refractivity contribution in [2.24, 2.45) is 43.3 Å². The average molecular weight is 1950 g/mol. The van der Waals surface area contributed by atoms with E-state index in [-0.39, 0.29) is 139 Å². The minimum absolute atomic E-state index is 0.0220. The zero-order valence-electron chi connectivity index (χ0n) is 97.5. The molecule has 0 aromatic carbocycles. The molecular formula is C102H222N12O15S3. The van der Waals surface area contributed by atoms with Gasteiger partial charge < -0.3 is 72.8 Å². The molecule has 0 rings (SSSR count). The quantitative estimate of drug-likeness (QED) is 0.0539. The Hall–Kier alpha value is -5.27. The SMILES string of the molecule is CC(=O)C(C)(C)C.CC(=O)CC(C)(C)C.CC(=O)CCCC(=O)NC(C)(C)C.CC(C)(C)C.CCC(C)(C)C.CCCC(C)(C)C.CNC(=O)C(C)(C)C.CNC(=O)CCC(=O)NC(C)(C)C.CNC(=O)CCNC(=O)C(C)(C)C.CNCC(=O)NC(C)(C)C.CNCC(C)(C)C.CNS(=O)(=O)C(C)(C)C.COCC(=O)NC(C)(C)C.CSC(C)(C)C.CSCC(=O)NC(C)(C)C. The fourth-order valence-corrected chi connectivity index (χ4v) is 7.94. The average Bonchev–Trinajstić information content (AvgIpc) is 0.858. The summed E-state index contributed by atoms with van der Waals surface area (Å²) in [6.07, 6.45) is 11.1. The molecule has 0 saturated carbocycles. The highest BCUT2D eigenvalue weighted by Crippen LogP contribution is 2.22. The van der Waals surface area contributed by atoms with E-state index in [4.69, 9.17) is 0 Å². The van der Waals surface area contributed by atoms with E-state index in [2.05, 4.69) is 220 Å². The first-order valence-electron chi connectivity index (χ1n) is 46.5.